The van der Waals surface area contributed by atoms with E-state index in [1.54, 1.807) is 35.7 Å². The topological polar surface area (TPSA) is 87.1 Å². The first-order chi connectivity index (χ1) is 13.9. The Bertz CT molecular complexity index is 899. The molecule has 9 nitrogen and oxygen atoms in total. The first-order valence-corrected chi connectivity index (χ1v) is 9.65. The largest absolute Gasteiger partial charge is 0.450 e. The molecule has 0 atom stereocenters. The molecule has 0 spiro atoms. The van der Waals surface area contributed by atoms with E-state index < -0.39 is 0 Å². The second-order valence-electron chi connectivity index (χ2n) is 7.11. The molecule has 1 N–H and O–H groups in total. The predicted molar refractivity (Wildman–Crippen MR) is 110 cm³/mol. The lowest BCUT2D eigenvalue weighted by atomic mass is 10.2. The quantitative estimate of drug-likeness (QED) is 0.849. The Kier molecular flexibility index (Phi) is 6.26. The third-order valence-electron chi connectivity index (χ3n) is 4.92. The van der Waals surface area contributed by atoms with Gasteiger partial charge in [0.15, 0.2) is 0 Å². The van der Waals surface area contributed by atoms with Crippen LogP contribution in [-0.2, 0) is 16.1 Å². The summed E-state index contributed by atoms with van der Waals surface area (Å²) in [5, 5.41) is 3.85. The lowest BCUT2D eigenvalue weighted by Crippen LogP contribution is -2.51. The van der Waals surface area contributed by atoms with E-state index in [2.05, 4.69) is 5.32 Å². The van der Waals surface area contributed by atoms with Gasteiger partial charge in [-0.2, -0.15) is 0 Å². The van der Waals surface area contributed by atoms with E-state index in [-0.39, 0.29) is 24.6 Å². The maximum absolute atomic E-state index is 12.6. The number of ether oxygens (including phenoxy) is 1. The van der Waals surface area contributed by atoms with Crippen LogP contribution in [0.3, 0.4) is 0 Å². The molecule has 4 amide bonds. The van der Waals surface area contributed by atoms with Crippen molar-refractivity contribution in [3.05, 3.63) is 30.5 Å². The van der Waals surface area contributed by atoms with Gasteiger partial charge in [-0.05, 0) is 31.2 Å². The van der Waals surface area contributed by atoms with Gasteiger partial charge >= 0.3 is 12.1 Å². The number of benzene rings is 1. The average Bonchev–Trinajstić information content (AvgIpc) is 3.10. The minimum absolute atomic E-state index is 0.0156. The lowest BCUT2D eigenvalue weighted by molar-refractivity contribution is -0.129. The van der Waals surface area contributed by atoms with Gasteiger partial charge in [0.25, 0.3) is 0 Å². The second-order valence-corrected chi connectivity index (χ2v) is 7.11. The highest BCUT2D eigenvalue weighted by molar-refractivity contribution is 5.93. The number of urea groups is 1. The molecule has 9 heteroatoms. The number of hydrogen-bond acceptors (Lipinski definition) is 4. The van der Waals surface area contributed by atoms with Crippen molar-refractivity contribution in [1.82, 2.24) is 19.3 Å². The summed E-state index contributed by atoms with van der Waals surface area (Å²) < 4.78 is 6.88. The number of hydrogen-bond donors (Lipinski definition) is 1. The minimum atomic E-state index is -0.338. The van der Waals surface area contributed by atoms with Crippen molar-refractivity contribution >= 4 is 34.6 Å². The van der Waals surface area contributed by atoms with Crippen LogP contribution in [0.5, 0.6) is 0 Å². The van der Waals surface area contributed by atoms with Crippen molar-refractivity contribution in [3.63, 3.8) is 0 Å². The molecule has 0 unspecified atom stereocenters. The summed E-state index contributed by atoms with van der Waals surface area (Å²) in [7, 11) is 3.46. The average molecular weight is 401 g/mol. The fourth-order valence-corrected chi connectivity index (χ4v) is 3.21. The fraction of sp³-hybridized carbons (Fsp3) is 0.450. The third kappa shape index (κ3) is 4.79. The van der Waals surface area contributed by atoms with Gasteiger partial charge in [-0.15, -0.1) is 0 Å². The van der Waals surface area contributed by atoms with Crippen LogP contribution in [0.2, 0.25) is 0 Å². The van der Waals surface area contributed by atoms with Crippen LogP contribution in [0.15, 0.2) is 30.5 Å². The Hall–Kier alpha value is -3.23. The monoisotopic (exact) mass is 401 g/mol. The normalized spacial score (nSPS) is 14.0. The lowest BCUT2D eigenvalue weighted by Gasteiger charge is -2.34. The van der Waals surface area contributed by atoms with Crippen molar-refractivity contribution in [1.29, 1.82) is 0 Å². The molecular weight excluding hydrogens is 374 g/mol. The number of likely N-dealkylation sites (N-methyl/N-ethyl adjacent to an activating group) is 1. The van der Waals surface area contributed by atoms with Gasteiger partial charge in [0.2, 0.25) is 5.91 Å². The first-order valence-electron chi connectivity index (χ1n) is 9.65. The van der Waals surface area contributed by atoms with E-state index in [4.69, 9.17) is 4.74 Å². The zero-order chi connectivity index (χ0) is 21.0. The molecule has 1 aromatic heterocycles. The molecule has 0 radical (unpaired) electrons. The number of piperazine rings is 1. The Morgan fingerprint density at radius 3 is 2.41 bits per heavy atom. The summed E-state index contributed by atoms with van der Waals surface area (Å²) in [4.78, 5) is 41.1. The molecule has 1 aliphatic rings. The van der Waals surface area contributed by atoms with Gasteiger partial charge in [-0.3, -0.25) is 4.79 Å². The summed E-state index contributed by atoms with van der Waals surface area (Å²) in [6.07, 6.45) is 1.53. The Morgan fingerprint density at radius 1 is 1.07 bits per heavy atom. The molecule has 0 aliphatic carbocycles. The van der Waals surface area contributed by atoms with Crippen molar-refractivity contribution in [2.75, 3.05) is 52.2 Å². The summed E-state index contributed by atoms with van der Waals surface area (Å²) in [5.41, 5.74) is 1.62. The van der Waals surface area contributed by atoms with Gasteiger partial charge in [0, 0.05) is 63.1 Å². The molecule has 156 valence electrons. The smallest absolute Gasteiger partial charge is 0.409 e. The molecule has 0 bridgehead atoms. The molecule has 2 heterocycles. The van der Waals surface area contributed by atoms with Crippen molar-refractivity contribution in [2.45, 2.75) is 13.5 Å². The number of carbonyl (C=O) groups excluding carboxylic acids is 3. The third-order valence-corrected chi connectivity index (χ3v) is 4.92. The summed E-state index contributed by atoms with van der Waals surface area (Å²) in [5.74, 6) is 0.0156. The number of carbonyl (C=O) groups is 3. The molecule has 1 saturated heterocycles. The van der Waals surface area contributed by atoms with Crippen LogP contribution in [0, 0.1) is 0 Å². The Labute approximate surface area is 169 Å². The number of anilines is 1. The molecule has 1 aliphatic heterocycles. The molecular formula is C20H27N5O4. The zero-order valence-electron chi connectivity index (χ0n) is 17.1. The molecule has 3 rings (SSSR count). The summed E-state index contributed by atoms with van der Waals surface area (Å²) >= 11 is 0. The fourth-order valence-electron chi connectivity index (χ4n) is 3.21. The van der Waals surface area contributed by atoms with Crippen molar-refractivity contribution < 1.29 is 19.1 Å². The first kappa shape index (κ1) is 20.5. The highest BCUT2D eigenvalue weighted by atomic mass is 16.6. The number of nitrogens with one attached hydrogen (secondary N) is 1. The summed E-state index contributed by atoms with van der Waals surface area (Å²) in [6, 6.07) is 7.33. The van der Waals surface area contributed by atoms with Gasteiger partial charge in [0.1, 0.15) is 6.54 Å². The van der Waals surface area contributed by atoms with E-state index in [9.17, 15) is 14.4 Å². The second kappa shape index (κ2) is 8.85. The zero-order valence-corrected chi connectivity index (χ0v) is 17.1. The minimum Gasteiger partial charge on any atom is -0.450 e. The van der Waals surface area contributed by atoms with Crippen LogP contribution in [0.4, 0.5) is 15.3 Å². The molecule has 1 fully saturated rings. The SMILES string of the molecule is CCOC(=O)N1CCN(C(=O)Nc2ccc3c(ccn3CC(=O)N(C)C)c2)CC1. The standard InChI is InChI=1S/C20H27N5O4/c1-4-29-20(28)24-11-9-23(10-12-24)19(27)21-16-5-6-17-15(13-16)7-8-25(17)14-18(26)22(2)3/h5-8,13H,4,9-12,14H2,1-3H3,(H,21,27). The number of aromatic nitrogens is 1. The van der Waals surface area contributed by atoms with E-state index in [0.717, 1.165) is 10.9 Å². The van der Waals surface area contributed by atoms with Gasteiger partial charge < -0.3 is 29.3 Å². The van der Waals surface area contributed by atoms with Crippen LogP contribution >= 0.6 is 0 Å². The number of fused-ring (bicyclic) bond motifs is 1. The van der Waals surface area contributed by atoms with Crippen LogP contribution in [0.25, 0.3) is 10.9 Å². The highest BCUT2D eigenvalue weighted by Crippen LogP contribution is 2.21. The summed E-state index contributed by atoms with van der Waals surface area (Å²) in [6.45, 7) is 4.20. The van der Waals surface area contributed by atoms with Gasteiger partial charge in [-0.1, -0.05) is 0 Å². The Morgan fingerprint density at radius 2 is 1.76 bits per heavy atom. The molecule has 2 aromatic rings. The van der Waals surface area contributed by atoms with E-state index in [1.165, 1.54) is 0 Å². The Balaban J connectivity index is 1.60. The van der Waals surface area contributed by atoms with Gasteiger partial charge in [-0.25, -0.2) is 9.59 Å². The molecule has 0 saturated carbocycles. The number of rotatable bonds is 4. The van der Waals surface area contributed by atoms with Crippen molar-refractivity contribution in [3.8, 4) is 0 Å². The molecule has 29 heavy (non-hydrogen) atoms. The number of nitrogens with zero attached hydrogens (tertiary/aromatic N) is 4. The van der Waals surface area contributed by atoms with E-state index >= 15 is 0 Å². The molecule has 1 aromatic carbocycles. The van der Waals surface area contributed by atoms with Gasteiger partial charge in [0.05, 0.1) is 6.61 Å². The number of amides is 4. The van der Waals surface area contributed by atoms with E-state index in [0.29, 0.717) is 38.5 Å². The predicted octanol–water partition coefficient (Wildman–Crippen LogP) is 2.04. The van der Waals surface area contributed by atoms with Crippen LogP contribution in [0.1, 0.15) is 6.92 Å². The highest BCUT2D eigenvalue weighted by Gasteiger charge is 2.24. The van der Waals surface area contributed by atoms with E-state index in [1.807, 2.05) is 35.0 Å². The van der Waals surface area contributed by atoms with Crippen molar-refractivity contribution in [2.24, 2.45) is 0 Å². The maximum Gasteiger partial charge on any atom is 0.409 e. The maximum atomic E-state index is 12.6. The van der Waals surface area contributed by atoms with Crippen LogP contribution < -0.4 is 5.32 Å². The van der Waals surface area contributed by atoms with Crippen LogP contribution in [-0.4, -0.2) is 84.2 Å².